The number of hydrogen-bond acceptors (Lipinski definition) is 3. The Morgan fingerprint density at radius 2 is 1.76 bits per heavy atom. The molecule has 6 heteroatoms. The molecule has 2 rings (SSSR count). The van der Waals surface area contributed by atoms with Crippen molar-refractivity contribution in [1.82, 2.24) is 15.1 Å². The summed E-state index contributed by atoms with van der Waals surface area (Å²) in [6, 6.07) is 0.402. The zero-order valence-corrected chi connectivity index (χ0v) is 12.7. The van der Waals surface area contributed by atoms with Crippen LogP contribution in [0.25, 0.3) is 0 Å². The maximum atomic E-state index is 12.3. The second-order valence-corrected chi connectivity index (χ2v) is 6.11. The van der Waals surface area contributed by atoms with Gasteiger partial charge in [0.2, 0.25) is 0 Å². The summed E-state index contributed by atoms with van der Waals surface area (Å²) >= 11 is 0. The van der Waals surface area contributed by atoms with Crippen LogP contribution in [0.1, 0.15) is 44.9 Å². The number of amides is 2. The van der Waals surface area contributed by atoms with E-state index in [1.54, 1.807) is 0 Å². The topological polar surface area (TPSA) is 72.9 Å². The Balaban J connectivity index is 1.73. The third-order valence-electron chi connectivity index (χ3n) is 4.45. The number of carbonyl (C=O) groups excluding carboxylic acids is 1. The Morgan fingerprint density at radius 1 is 1.00 bits per heavy atom. The molecule has 2 aliphatic rings. The number of urea groups is 1. The third-order valence-corrected chi connectivity index (χ3v) is 4.45. The Bertz CT molecular complexity index is 356. The molecule has 0 bridgehead atoms. The molecular weight excluding hydrogens is 270 g/mol. The van der Waals surface area contributed by atoms with Crippen LogP contribution in [0.2, 0.25) is 0 Å². The molecular formula is C15H27N3O3. The Hall–Kier alpha value is -1.30. The first-order valence-corrected chi connectivity index (χ1v) is 8.15. The fraction of sp³-hybridized carbons (Fsp3) is 0.867. The molecule has 2 amide bonds. The molecule has 0 atom stereocenters. The van der Waals surface area contributed by atoms with Gasteiger partial charge in [-0.3, -0.25) is 4.79 Å². The fourth-order valence-electron chi connectivity index (χ4n) is 3.16. The van der Waals surface area contributed by atoms with Crippen molar-refractivity contribution in [2.75, 3.05) is 32.7 Å². The quantitative estimate of drug-likeness (QED) is 0.825. The van der Waals surface area contributed by atoms with E-state index in [0.29, 0.717) is 19.1 Å². The first kappa shape index (κ1) is 16.1. The van der Waals surface area contributed by atoms with Gasteiger partial charge in [0.05, 0.1) is 6.42 Å². The van der Waals surface area contributed by atoms with Gasteiger partial charge in [0.1, 0.15) is 0 Å². The molecule has 6 nitrogen and oxygen atoms in total. The van der Waals surface area contributed by atoms with Crippen LogP contribution < -0.4 is 5.32 Å². The second-order valence-electron chi connectivity index (χ2n) is 6.11. The van der Waals surface area contributed by atoms with Gasteiger partial charge in [-0.25, -0.2) is 4.79 Å². The lowest BCUT2D eigenvalue weighted by atomic mass is 9.96. The van der Waals surface area contributed by atoms with Gasteiger partial charge < -0.3 is 20.2 Å². The van der Waals surface area contributed by atoms with Crippen LogP contribution in [-0.4, -0.2) is 65.7 Å². The summed E-state index contributed by atoms with van der Waals surface area (Å²) in [5, 5.41) is 11.9. The molecule has 1 heterocycles. The number of hydrogen-bond donors (Lipinski definition) is 2. The Morgan fingerprint density at radius 3 is 2.48 bits per heavy atom. The van der Waals surface area contributed by atoms with Gasteiger partial charge in [-0.05, 0) is 25.8 Å². The molecule has 0 aromatic rings. The molecule has 0 radical (unpaired) electrons. The standard InChI is InChI=1S/C15H27N3O3/c19-14(20)7-10-17-8-4-9-18(12-11-17)15(21)16-13-5-2-1-3-6-13/h13H,1-12H2,(H,16,21)(H,19,20). The summed E-state index contributed by atoms with van der Waals surface area (Å²) < 4.78 is 0. The van der Waals surface area contributed by atoms with Crippen molar-refractivity contribution >= 4 is 12.0 Å². The molecule has 1 aliphatic carbocycles. The van der Waals surface area contributed by atoms with Crippen LogP contribution in [0.4, 0.5) is 4.79 Å². The highest BCUT2D eigenvalue weighted by molar-refractivity contribution is 5.74. The monoisotopic (exact) mass is 297 g/mol. The number of carboxylic acid groups (broad SMARTS) is 1. The van der Waals surface area contributed by atoms with Gasteiger partial charge in [0, 0.05) is 32.2 Å². The number of carboxylic acids is 1. The average Bonchev–Trinajstić information content (AvgIpc) is 2.71. The van der Waals surface area contributed by atoms with Gasteiger partial charge in [0.15, 0.2) is 0 Å². The maximum absolute atomic E-state index is 12.3. The Labute approximate surface area is 126 Å². The average molecular weight is 297 g/mol. The molecule has 0 unspecified atom stereocenters. The molecule has 120 valence electrons. The van der Waals surface area contributed by atoms with E-state index in [2.05, 4.69) is 10.2 Å². The lowest BCUT2D eigenvalue weighted by molar-refractivity contribution is -0.137. The smallest absolute Gasteiger partial charge is 0.317 e. The largest absolute Gasteiger partial charge is 0.481 e. The summed E-state index contributed by atoms with van der Waals surface area (Å²) in [6.45, 7) is 3.68. The van der Waals surface area contributed by atoms with Crippen molar-refractivity contribution in [3.63, 3.8) is 0 Å². The maximum Gasteiger partial charge on any atom is 0.317 e. The van der Waals surface area contributed by atoms with Crippen molar-refractivity contribution in [1.29, 1.82) is 0 Å². The van der Waals surface area contributed by atoms with E-state index in [4.69, 9.17) is 5.11 Å². The number of nitrogens with zero attached hydrogens (tertiary/aromatic N) is 2. The predicted molar refractivity (Wildman–Crippen MR) is 80.3 cm³/mol. The minimum atomic E-state index is -0.758. The first-order valence-electron chi connectivity index (χ1n) is 8.15. The van der Waals surface area contributed by atoms with E-state index in [1.807, 2.05) is 4.90 Å². The number of nitrogens with one attached hydrogen (secondary N) is 1. The molecule has 1 aliphatic heterocycles. The van der Waals surface area contributed by atoms with E-state index >= 15 is 0 Å². The van der Waals surface area contributed by atoms with Gasteiger partial charge in [-0.15, -0.1) is 0 Å². The molecule has 1 saturated heterocycles. The van der Waals surface area contributed by atoms with Crippen LogP contribution >= 0.6 is 0 Å². The van der Waals surface area contributed by atoms with Gasteiger partial charge in [-0.1, -0.05) is 19.3 Å². The summed E-state index contributed by atoms with van der Waals surface area (Å²) in [5.41, 5.74) is 0. The van der Waals surface area contributed by atoms with E-state index in [-0.39, 0.29) is 12.5 Å². The molecule has 2 N–H and O–H groups in total. The van der Waals surface area contributed by atoms with Crippen LogP contribution in [0, 0.1) is 0 Å². The molecule has 2 fully saturated rings. The molecule has 0 spiro atoms. The fourth-order valence-corrected chi connectivity index (χ4v) is 3.16. The van der Waals surface area contributed by atoms with E-state index in [0.717, 1.165) is 38.9 Å². The Kier molecular flexibility index (Phi) is 6.29. The first-order chi connectivity index (χ1) is 10.1. The zero-order valence-electron chi connectivity index (χ0n) is 12.7. The minimum Gasteiger partial charge on any atom is -0.481 e. The highest BCUT2D eigenvalue weighted by Crippen LogP contribution is 2.17. The summed E-state index contributed by atoms with van der Waals surface area (Å²) in [6.07, 6.45) is 7.01. The van der Waals surface area contributed by atoms with Crippen molar-refractivity contribution in [2.24, 2.45) is 0 Å². The van der Waals surface area contributed by atoms with Crippen molar-refractivity contribution in [2.45, 2.75) is 51.0 Å². The van der Waals surface area contributed by atoms with Crippen molar-refractivity contribution in [3.8, 4) is 0 Å². The lowest BCUT2D eigenvalue weighted by Gasteiger charge is -2.27. The number of carbonyl (C=O) groups is 2. The van der Waals surface area contributed by atoms with Gasteiger partial charge >= 0.3 is 12.0 Å². The molecule has 0 aromatic heterocycles. The molecule has 21 heavy (non-hydrogen) atoms. The van der Waals surface area contributed by atoms with Crippen LogP contribution in [0.3, 0.4) is 0 Å². The summed E-state index contributed by atoms with van der Waals surface area (Å²) in [7, 11) is 0. The SMILES string of the molecule is O=C(O)CCN1CCCN(C(=O)NC2CCCCC2)CC1. The van der Waals surface area contributed by atoms with Gasteiger partial charge in [-0.2, -0.15) is 0 Å². The second kappa shape index (κ2) is 8.22. The van der Waals surface area contributed by atoms with E-state index in [9.17, 15) is 9.59 Å². The van der Waals surface area contributed by atoms with Crippen molar-refractivity contribution < 1.29 is 14.7 Å². The normalized spacial score (nSPS) is 21.8. The molecule has 0 aromatic carbocycles. The van der Waals surface area contributed by atoms with Gasteiger partial charge in [0.25, 0.3) is 0 Å². The van der Waals surface area contributed by atoms with E-state index < -0.39 is 5.97 Å². The highest BCUT2D eigenvalue weighted by Gasteiger charge is 2.22. The third kappa shape index (κ3) is 5.53. The van der Waals surface area contributed by atoms with Crippen LogP contribution in [0.15, 0.2) is 0 Å². The van der Waals surface area contributed by atoms with Crippen LogP contribution in [0.5, 0.6) is 0 Å². The molecule has 1 saturated carbocycles. The zero-order chi connectivity index (χ0) is 15.1. The van der Waals surface area contributed by atoms with E-state index in [1.165, 1.54) is 19.3 Å². The summed E-state index contributed by atoms with van der Waals surface area (Å²) in [4.78, 5) is 26.9. The summed E-state index contributed by atoms with van der Waals surface area (Å²) in [5.74, 6) is -0.758. The number of rotatable bonds is 4. The number of aliphatic carboxylic acids is 1. The lowest BCUT2D eigenvalue weighted by Crippen LogP contribution is -2.46. The highest BCUT2D eigenvalue weighted by atomic mass is 16.4. The van der Waals surface area contributed by atoms with Crippen LogP contribution in [-0.2, 0) is 4.79 Å². The predicted octanol–water partition coefficient (Wildman–Crippen LogP) is 1.51. The minimum absolute atomic E-state index is 0.0574. The van der Waals surface area contributed by atoms with Crippen molar-refractivity contribution in [3.05, 3.63) is 0 Å².